The van der Waals surface area contributed by atoms with Crippen molar-refractivity contribution >= 4 is 9.53 Å². The van der Waals surface area contributed by atoms with E-state index in [0.29, 0.717) is 13.2 Å². The van der Waals surface area contributed by atoms with Gasteiger partial charge in [-0.2, -0.15) is 0 Å². The molecule has 0 aromatic heterocycles. The topological polar surface area (TPSA) is 27.7 Å². The molecule has 0 aromatic carbocycles. The summed E-state index contributed by atoms with van der Waals surface area (Å²) in [6.45, 7) is 9.72. The van der Waals surface area contributed by atoms with E-state index in [1.807, 2.05) is 13.8 Å². The highest BCUT2D eigenvalue weighted by atomic mass is 28.3. The first kappa shape index (κ1) is 18.1. The lowest BCUT2D eigenvalue weighted by Crippen LogP contribution is -2.31. The van der Waals surface area contributed by atoms with Crippen molar-refractivity contribution < 1.29 is 13.3 Å². The number of unbranched alkanes of at least 4 members (excludes halogenated alkanes) is 5. The van der Waals surface area contributed by atoms with Gasteiger partial charge >= 0.3 is 9.53 Å². The van der Waals surface area contributed by atoms with Crippen LogP contribution in [-0.4, -0.2) is 28.8 Å². The van der Waals surface area contributed by atoms with Gasteiger partial charge in [0, 0.05) is 19.3 Å². The Hall–Kier alpha value is 0.0969. The van der Waals surface area contributed by atoms with E-state index in [4.69, 9.17) is 13.3 Å². The van der Waals surface area contributed by atoms with Crippen LogP contribution in [0, 0.1) is 0 Å². The Labute approximate surface area is 115 Å². The van der Waals surface area contributed by atoms with Crippen LogP contribution in [0.5, 0.6) is 0 Å². The zero-order valence-electron chi connectivity index (χ0n) is 12.7. The van der Waals surface area contributed by atoms with Gasteiger partial charge in [-0.3, -0.25) is 0 Å². The van der Waals surface area contributed by atoms with E-state index in [1.165, 1.54) is 38.5 Å². The van der Waals surface area contributed by atoms with E-state index in [2.05, 4.69) is 13.8 Å². The Morgan fingerprint density at radius 1 is 0.833 bits per heavy atom. The summed E-state index contributed by atoms with van der Waals surface area (Å²) in [5, 5.41) is 0. The van der Waals surface area contributed by atoms with Gasteiger partial charge in [-0.25, -0.2) is 0 Å². The fourth-order valence-corrected chi connectivity index (χ4v) is 3.18. The van der Waals surface area contributed by atoms with Crippen LogP contribution in [0.3, 0.4) is 0 Å². The maximum absolute atomic E-state index is 5.85. The molecule has 0 aliphatic rings. The average molecular weight is 276 g/mol. The third-order valence-electron chi connectivity index (χ3n) is 2.91. The van der Waals surface area contributed by atoms with Crippen molar-refractivity contribution in [3.63, 3.8) is 0 Å². The first-order valence-corrected chi connectivity index (χ1v) is 9.04. The highest BCUT2D eigenvalue weighted by molar-refractivity contribution is 6.36. The van der Waals surface area contributed by atoms with E-state index in [0.717, 1.165) is 6.42 Å². The highest BCUT2D eigenvalue weighted by Crippen LogP contribution is 2.11. The molecule has 0 radical (unpaired) electrons. The minimum absolute atomic E-state index is 0.269. The van der Waals surface area contributed by atoms with Crippen LogP contribution >= 0.6 is 0 Å². The van der Waals surface area contributed by atoms with Gasteiger partial charge in [-0.1, -0.05) is 45.4 Å². The number of hydrogen-bond donors (Lipinski definition) is 0. The molecule has 3 nitrogen and oxygen atoms in total. The van der Waals surface area contributed by atoms with E-state index in [1.54, 1.807) is 0 Å². The molecule has 0 heterocycles. The fraction of sp³-hybridized carbons (Fsp3) is 1.00. The molecule has 1 unspecified atom stereocenters. The highest BCUT2D eigenvalue weighted by Gasteiger charge is 2.17. The Bertz CT molecular complexity index is 161. The van der Waals surface area contributed by atoms with Gasteiger partial charge in [0.15, 0.2) is 0 Å². The second-order valence-corrected chi connectivity index (χ2v) is 6.22. The van der Waals surface area contributed by atoms with Crippen molar-refractivity contribution in [2.45, 2.75) is 78.7 Å². The van der Waals surface area contributed by atoms with Gasteiger partial charge in [-0.05, 0) is 27.2 Å². The van der Waals surface area contributed by atoms with Crippen LogP contribution in [0.4, 0.5) is 0 Å². The first-order valence-electron chi connectivity index (χ1n) is 7.63. The van der Waals surface area contributed by atoms with E-state index >= 15 is 0 Å². The predicted octanol–water partition coefficient (Wildman–Crippen LogP) is 3.93. The summed E-state index contributed by atoms with van der Waals surface area (Å²) < 4.78 is 16.9. The Morgan fingerprint density at radius 2 is 1.39 bits per heavy atom. The molecule has 0 spiro atoms. The van der Waals surface area contributed by atoms with Crippen molar-refractivity contribution in [1.82, 2.24) is 0 Å². The average Bonchev–Trinajstić information content (AvgIpc) is 2.34. The summed E-state index contributed by atoms with van der Waals surface area (Å²) in [6, 6.07) is 0. The zero-order valence-corrected chi connectivity index (χ0v) is 13.9. The molecule has 0 N–H and O–H groups in total. The molecule has 110 valence electrons. The maximum atomic E-state index is 5.85. The molecule has 0 aromatic rings. The molecule has 0 saturated heterocycles. The van der Waals surface area contributed by atoms with Crippen LogP contribution in [0.25, 0.3) is 0 Å². The smallest absolute Gasteiger partial charge is 0.376 e. The summed E-state index contributed by atoms with van der Waals surface area (Å²) in [5.41, 5.74) is 0. The fourth-order valence-electron chi connectivity index (χ4n) is 1.87. The standard InChI is InChI=1S/C14H32O3Si/c1-5-8-9-10-11-12-13-14(4)17-18(15-6-2)16-7-3/h14,18H,5-13H2,1-4H3. The quantitative estimate of drug-likeness (QED) is 0.377. The minimum atomic E-state index is -1.86. The first-order chi connectivity index (χ1) is 8.74. The zero-order chi connectivity index (χ0) is 13.6. The van der Waals surface area contributed by atoms with Crippen molar-refractivity contribution in [3.05, 3.63) is 0 Å². The molecule has 1 atom stereocenters. The van der Waals surface area contributed by atoms with E-state index < -0.39 is 9.53 Å². The molecule has 0 saturated carbocycles. The van der Waals surface area contributed by atoms with Gasteiger partial charge < -0.3 is 13.3 Å². The lowest BCUT2D eigenvalue weighted by Gasteiger charge is -2.20. The van der Waals surface area contributed by atoms with Crippen LogP contribution in [0.2, 0.25) is 0 Å². The number of hydrogen-bond acceptors (Lipinski definition) is 3. The summed E-state index contributed by atoms with van der Waals surface area (Å²) in [7, 11) is -1.86. The largest absolute Gasteiger partial charge is 0.484 e. The van der Waals surface area contributed by atoms with Crippen molar-refractivity contribution in [2.75, 3.05) is 13.2 Å². The summed E-state index contributed by atoms with van der Waals surface area (Å²) in [6.07, 6.45) is 9.39. The SMILES string of the molecule is CCCCCCCCC(C)O[SiH](OCC)OCC. The Morgan fingerprint density at radius 3 is 1.94 bits per heavy atom. The summed E-state index contributed by atoms with van der Waals surface area (Å²) in [5.74, 6) is 0. The molecule has 0 aliphatic heterocycles. The third-order valence-corrected chi connectivity index (χ3v) is 4.81. The third kappa shape index (κ3) is 11.2. The normalized spacial score (nSPS) is 13.2. The second kappa shape index (κ2) is 13.5. The van der Waals surface area contributed by atoms with E-state index in [9.17, 15) is 0 Å². The van der Waals surface area contributed by atoms with Gasteiger partial charge in [0.25, 0.3) is 0 Å². The minimum Gasteiger partial charge on any atom is -0.376 e. The summed E-state index contributed by atoms with van der Waals surface area (Å²) in [4.78, 5) is 0. The molecule has 0 fully saturated rings. The van der Waals surface area contributed by atoms with Crippen molar-refractivity contribution in [1.29, 1.82) is 0 Å². The van der Waals surface area contributed by atoms with Crippen molar-refractivity contribution in [3.8, 4) is 0 Å². The molecular weight excluding hydrogens is 244 g/mol. The van der Waals surface area contributed by atoms with Gasteiger partial charge in [0.05, 0.1) is 0 Å². The van der Waals surface area contributed by atoms with Crippen LogP contribution < -0.4 is 0 Å². The Kier molecular flexibility index (Phi) is 13.6. The lowest BCUT2D eigenvalue weighted by atomic mass is 10.1. The lowest BCUT2D eigenvalue weighted by molar-refractivity contribution is 0.0659. The van der Waals surface area contributed by atoms with Crippen LogP contribution in [-0.2, 0) is 13.3 Å². The van der Waals surface area contributed by atoms with Gasteiger partial charge in [-0.15, -0.1) is 0 Å². The molecule has 0 bridgehead atoms. The monoisotopic (exact) mass is 276 g/mol. The molecular formula is C14H32O3Si. The predicted molar refractivity (Wildman–Crippen MR) is 78.9 cm³/mol. The second-order valence-electron chi connectivity index (χ2n) is 4.70. The van der Waals surface area contributed by atoms with E-state index in [-0.39, 0.29) is 6.10 Å². The summed E-state index contributed by atoms with van der Waals surface area (Å²) >= 11 is 0. The van der Waals surface area contributed by atoms with Crippen molar-refractivity contribution in [2.24, 2.45) is 0 Å². The molecule has 0 amide bonds. The Balaban J connectivity index is 3.51. The van der Waals surface area contributed by atoms with Gasteiger partial charge in [0.1, 0.15) is 0 Å². The van der Waals surface area contributed by atoms with Crippen LogP contribution in [0.1, 0.15) is 72.6 Å². The molecule has 0 rings (SSSR count). The van der Waals surface area contributed by atoms with Crippen LogP contribution in [0.15, 0.2) is 0 Å². The molecule has 18 heavy (non-hydrogen) atoms. The van der Waals surface area contributed by atoms with Gasteiger partial charge in [0.2, 0.25) is 0 Å². The number of rotatable bonds is 13. The molecule has 4 heteroatoms. The maximum Gasteiger partial charge on any atom is 0.484 e. The molecule has 0 aliphatic carbocycles.